The van der Waals surface area contributed by atoms with E-state index in [1.165, 1.54) is 0 Å². The lowest BCUT2D eigenvalue weighted by atomic mass is 9.78. The van der Waals surface area contributed by atoms with Crippen molar-refractivity contribution < 1.29 is 9.84 Å². The van der Waals surface area contributed by atoms with E-state index >= 15 is 0 Å². The maximum atomic E-state index is 9.04. The highest BCUT2D eigenvalue weighted by molar-refractivity contribution is 4.86. The first kappa shape index (κ1) is 10.9. The molecule has 0 rings (SSSR count). The van der Waals surface area contributed by atoms with Gasteiger partial charge in [-0.25, -0.2) is 0 Å². The van der Waals surface area contributed by atoms with E-state index < -0.39 is 0 Å². The molecule has 0 saturated carbocycles. The third-order valence-corrected chi connectivity index (χ3v) is 2.47. The van der Waals surface area contributed by atoms with Crippen LogP contribution in [0.1, 0.15) is 27.7 Å². The molecule has 68 valence electrons. The summed E-state index contributed by atoms with van der Waals surface area (Å²) in [5.74, 6) is 0. The van der Waals surface area contributed by atoms with Crippen molar-refractivity contribution in [2.24, 2.45) is 11.1 Å². The van der Waals surface area contributed by atoms with E-state index in [-0.39, 0.29) is 24.4 Å². The van der Waals surface area contributed by atoms with Crippen LogP contribution in [-0.2, 0) is 4.74 Å². The zero-order valence-electron chi connectivity index (χ0n) is 7.85. The van der Waals surface area contributed by atoms with E-state index in [1.807, 2.05) is 27.7 Å². The predicted molar refractivity (Wildman–Crippen MR) is 45.1 cm³/mol. The van der Waals surface area contributed by atoms with Crippen LogP contribution < -0.4 is 5.73 Å². The zero-order chi connectivity index (χ0) is 9.12. The van der Waals surface area contributed by atoms with Crippen LogP contribution in [-0.4, -0.2) is 24.0 Å². The Morgan fingerprint density at radius 2 is 1.73 bits per heavy atom. The second-order valence-corrected chi connectivity index (χ2v) is 3.86. The second kappa shape index (κ2) is 3.52. The van der Waals surface area contributed by atoms with Crippen molar-refractivity contribution in [2.75, 3.05) is 13.3 Å². The number of aliphatic hydroxyl groups excluding tert-OH is 1. The fraction of sp³-hybridized carbons (Fsp3) is 1.00. The van der Waals surface area contributed by atoms with E-state index in [1.54, 1.807) is 0 Å². The van der Waals surface area contributed by atoms with Gasteiger partial charge in [0, 0.05) is 5.41 Å². The highest BCUT2D eigenvalue weighted by atomic mass is 16.5. The number of hydrogen-bond donors (Lipinski definition) is 2. The van der Waals surface area contributed by atoms with E-state index in [9.17, 15) is 0 Å². The fourth-order valence-electron chi connectivity index (χ4n) is 0.594. The summed E-state index contributed by atoms with van der Waals surface area (Å²) in [5, 5.41) is 9.04. The van der Waals surface area contributed by atoms with Gasteiger partial charge in [0.05, 0.1) is 18.9 Å². The van der Waals surface area contributed by atoms with Gasteiger partial charge < -0.3 is 15.6 Å². The predicted octanol–water partition coefficient (Wildman–Crippen LogP) is 0.716. The van der Waals surface area contributed by atoms with Crippen molar-refractivity contribution in [3.8, 4) is 0 Å². The van der Waals surface area contributed by atoms with Gasteiger partial charge in [-0.3, -0.25) is 0 Å². The minimum absolute atomic E-state index is 0.0972. The fourth-order valence-corrected chi connectivity index (χ4v) is 0.594. The van der Waals surface area contributed by atoms with Crippen LogP contribution in [0, 0.1) is 5.41 Å². The SMILES string of the molecule is CC(C)(CO)C(C)(C)OCN. The molecule has 0 heterocycles. The molecule has 3 nitrogen and oxygen atoms in total. The lowest BCUT2D eigenvalue weighted by Crippen LogP contribution is -2.45. The Morgan fingerprint density at radius 3 is 2.00 bits per heavy atom. The van der Waals surface area contributed by atoms with Gasteiger partial charge in [-0.15, -0.1) is 0 Å². The Bertz CT molecular complexity index is 121. The molecule has 0 aromatic heterocycles. The molecule has 3 heteroatoms. The van der Waals surface area contributed by atoms with E-state index in [4.69, 9.17) is 15.6 Å². The third-order valence-electron chi connectivity index (χ3n) is 2.47. The van der Waals surface area contributed by atoms with Gasteiger partial charge in [-0.05, 0) is 13.8 Å². The number of rotatable bonds is 4. The highest BCUT2D eigenvalue weighted by Crippen LogP contribution is 2.32. The largest absolute Gasteiger partial charge is 0.396 e. The van der Waals surface area contributed by atoms with Crippen LogP contribution in [0.3, 0.4) is 0 Å². The van der Waals surface area contributed by atoms with Crippen molar-refractivity contribution in [1.29, 1.82) is 0 Å². The molecule has 0 aliphatic carbocycles. The average Bonchev–Trinajstić information content (AvgIpc) is 1.87. The van der Waals surface area contributed by atoms with E-state index in [0.29, 0.717) is 0 Å². The summed E-state index contributed by atoms with van der Waals surface area (Å²) in [5.41, 5.74) is 4.63. The van der Waals surface area contributed by atoms with Crippen molar-refractivity contribution >= 4 is 0 Å². The molecule has 0 bridgehead atoms. The third kappa shape index (κ3) is 2.43. The molecule has 0 aromatic carbocycles. The number of hydrogen-bond acceptors (Lipinski definition) is 3. The van der Waals surface area contributed by atoms with Gasteiger partial charge in [-0.2, -0.15) is 0 Å². The molecule has 0 aliphatic rings. The molecule has 0 atom stereocenters. The summed E-state index contributed by atoms with van der Waals surface area (Å²) in [7, 11) is 0. The Kier molecular flexibility index (Phi) is 3.48. The number of aliphatic hydroxyl groups is 1. The molecule has 0 amide bonds. The van der Waals surface area contributed by atoms with Crippen molar-refractivity contribution in [3.05, 3.63) is 0 Å². The van der Waals surface area contributed by atoms with Gasteiger partial charge in [0.2, 0.25) is 0 Å². The topological polar surface area (TPSA) is 55.5 Å². The Morgan fingerprint density at radius 1 is 1.27 bits per heavy atom. The Hall–Kier alpha value is -0.120. The van der Waals surface area contributed by atoms with Crippen LogP contribution in [0.2, 0.25) is 0 Å². The molecule has 0 saturated heterocycles. The quantitative estimate of drug-likeness (QED) is 0.597. The van der Waals surface area contributed by atoms with Crippen molar-refractivity contribution in [2.45, 2.75) is 33.3 Å². The monoisotopic (exact) mass is 161 g/mol. The number of ether oxygens (including phenoxy) is 1. The number of nitrogens with two attached hydrogens (primary N) is 1. The molecular formula is C8H19NO2. The first-order valence-corrected chi connectivity index (χ1v) is 3.82. The lowest BCUT2D eigenvalue weighted by Gasteiger charge is -2.39. The molecule has 0 aromatic rings. The minimum atomic E-state index is -0.378. The molecule has 11 heavy (non-hydrogen) atoms. The molecule has 3 N–H and O–H groups in total. The van der Waals surface area contributed by atoms with Crippen LogP contribution in [0.4, 0.5) is 0 Å². The zero-order valence-corrected chi connectivity index (χ0v) is 7.85. The summed E-state index contributed by atoms with van der Waals surface area (Å²) in [6.45, 7) is 8.04. The molecule has 0 aliphatic heterocycles. The summed E-state index contributed by atoms with van der Waals surface area (Å²) in [6.07, 6.45) is 0. The first-order valence-electron chi connectivity index (χ1n) is 3.82. The minimum Gasteiger partial charge on any atom is -0.396 e. The normalized spacial score (nSPS) is 13.6. The Balaban J connectivity index is 4.26. The second-order valence-electron chi connectivity index (χ2n) is 3.86. The summed E-state index contributed by atoms with van der Waals surface area (Å²) in [4.78, 5) is 0. The van der Waals surface area contributed by atoms with Gasteiger partial charge in [0.1, 0.15) is 0 Å². The molecule has 0 radical (unpaired) electrons. The van der Waals surface area contributed by atoms with Crippen molar-refractivity contribution in [3.63, 3.8) is 0 Å². The summed E-state index contributed by atoms with van der Waals surface area (Å²) >= 11 is 0. The van der Waals surface area contributed by atoms with Crippen LogP contribution >= 0.6 is 0 Å². The van der Waals surface area contributed by atoms with Gasteiger partial charge in [-0.1, -0.05) is 13.8 Å². The molecule has 0 spiro atoms. The van der Waals surface area contributed by atoms with Crippen LogP contribution in [0.25, 0.3) is 0 Å². The smallest absolute Gasteiger partial charge is 0.0947 e. The maximum Gasteiger partial charge on any atom is 0.0947 e. The first-order chi connectivity index (χ1) is 4.87. The van der Waals surface area contributed by atoms with Crippen LogP contribution in [0.15, 0.2) is 0 Å². The summed E-state index contributed by atoms with van der Waals surface area (Å²) in [6, 6.07) is 0. The lowest BCUT2D eigenvalue weighted by molar-refractivity contribution is -0.113. The van der Waals surface area contributed by atoms with Crippen LogP contribution in [0.5, 0.6) is 0 Å². The van der Waals surface area contributed by atoms with Gasteiger partial charge in [0.15, 0.2) is 0 Å². The standard InChI is InChI=1S/C8H19NO2/c1-7(2,5-10)8(3,4)11-6-9/h10H,5-6,9H2,1-4H3. The highest BCUT2D eigenvalue weighted by Gasteiger charge is 2.37. The van der Waals surface area contributed by atoms with E-state index in [0.717, 1.165) is 0 Å². The van der Waals surface area contributed by atoms with Crippen molar-refractivity contribution in [1.82, 2.24) is 0 Å². The van der Waals surface area contributed by atoms with Gasteiger partial charge >= 0.3 is 0 Å². The van der Waals surface area contributed by atoms with E-state index in [2.05, 4.69) is 0 Å². The molecule has 0 unspecified atom stereocenters. The molecule has 0 fully saturated rings. The summed E-state index contributed by atoms with van der Waals surface area (Å²) < 4.78 is 5.30. The van der Waals surface area contributed by atoms with Gasteiger partial charge in [0.25, 0.3) is 0 Å². The molecular weight excluding hydrogens is 142 g/mol. The Labute approximate surface area is 68.5 Å². The average molecular weight is 161 g/mol. The maximum absolute atomic E-state index is 9.04.